The van der Waals surface area contributed by atoms with Gasteiger partial charge in [0.1, 0.15) is 12.1 Å². The third kappa shape index (κ3) is 2.64. The predicted octanol–water partition coefficient (Wildman–Crippen LogP) is 5.36. The number of ether oxygens (including phenoxy) is 1. The lowest BCUT2D eigenvalue weighted by Crippen LogP contribution is -1.94. The normalized spacial score (nSPS) is 11.0. The maximum absolute atomic E-state index is 5.31. The second-order valence-corrected chi connectivity index (χ2v) is 6.96. The molecule has 0 aliphatic heterocycles. The van der Waals surface area contributed by atoms with Crippen LogP contribution in [0.2, 0.25) is 0 Å². The SMILES string of the molecule is COc1ccc2c(c1)sc1c(Nc3ccc(Br)cc3)ncnc12. The van der Waals surface area contributed by atoms with Gasteiger partial charge in [0.25, 0.3) is 0 Å². The molecule has 0 bridgehead atoms. The number of nitrogens with zero attached hydrogens (tertiary/aromatic N) is 2. The van der Waals surface area contributed by atoms with Crippen molar-refractivity contribution in [1.82, 2.24) is 9.97 Å². The molecule has 0 spiro atoms. The predicted molar refractivity (Wildman–Crippen MR) is 98.9 cm³/mol. The summed E-state index contributed by atoms with van der Waals surface area (Å²) in [6.07, 6.45) is 1.60. The lowest BCUT2D eigenvalue weighted by molar-refractivity contribution is 0.415. The third-order valence-electron chi connectivity index (χ3n) is 3.57. The van der Waals surface area contributed by atoms with Crippen molar-refractivity contribution < 1.29 is 4.74 Å². The van der Waals surface area contributed by atoms with Gasteiger partial charge in [-0.3, -0.25) is 0 Å². The van der Waals surface area contributed by atoms with Crippen LogP contribution in [0, 0.1) is 0 Å². The molecule has 0 radical (unpaired) electrons. The van der Waals surface area contributed by atoms with Gasteiger partial charge in [-0.25, -0.2) is 9.97 Å². The van der Waals surface area contributed by atoms with Crippen molar-refractivity contribution in [2.45, 2.75) is 0 Å². The van der Waals surface area contributed by atoms with E-state index in [1.165, 1.54) is 0 Å². The maximum atomic E-state index is 5.31. The number of fused-ring (bicyclic) bond motifs is 3. The third-order valence-corrected chi connectivity index (χ3v) is 5.24. The van der Waals surface area contributed by atoms with Crippen LogP contribution >= 0.6 is 27.3 Å². The van der Waals surface area contributed by atoms with Gasteiger partial charge in [-0.1, -0.05) is 15.9 Å². The summed E-state index contributed by atoms with van der Waals surface area (Å²) in [4.78, 5) is 8.86. The van der Waals surface area contributed by atoms with Crippen molar-refractivity contribution in [3.05, 3.63) is 53.3 Å². The van der Waals surface area contributed by atoms with Gasteiger partial charge in [0, 0.05) is 20.2 Å². The van der Waals surface area contributed by atoms with E-state index in [2.05, 4.69) is 31.2 Å². The molecular formula is C17H12BrN3OS. The first-order valence-corrected chi connectivity index (χ1v) is 8.59. The Labute approximate surface area is 145 Å². The van der Waals surface area contributed by atoms with E-state index in [-0.39, 0.29) is 0 Å². The molecule has 6 heteroatoms. The van der Waals surface area contributed by atoms with E-state index in [0.29, 0.717) is 0 Å². The van der Waals surface area contributed by atoms with Crippen molar-refractivity contribution in [1.29, 1.82) is 0 Å². The zero-order valence-corrected chi connectivity index (χ0v) is 14.6. The summed E-state index contributed by atoms with van der Waals surface area (Å²) in [5.74, 6) is 1.66. The molecule has 4 nitrogen and oxygen atoms in total. The van der Waals surface area contributed by atoms with Crippen LogP contribution in [0.3, 0.4) is 0 Å². The van der Waals surface area contributed by atoms with Crippen molar-refractivity contribution >= 4 is 59.1 Å². The second kappa shape index (κ2) is 5.79. The minimum Gasteiger partial charge on any atom is -0.497 e. The fourth-order valence-electron chi connectivity index (χ4n) is 2.44. The van der Waals surface area contributed by atoms with Crippen LogP contribution in [-0.4, -0.2) is 17.1 Å². The van der Waals surface area contributed by atoms with Crippen LogP contribution in [0.4, 0.5) is 11.5 Å². The van der Waals surface area contributed by atoms with Gasteiger partial charge in [0.15, 0.2) is 5.82 Å². The van der Waals surface area contributed by atoms with Crippen LogP contribution in [0.15, 0.2) is 53.3 Å². The average Bonchev–Trinajstić information content (AvgIpc) is 2.95. The Balaban J connectivity index is 1.85. The number of hydrogen-bond donors (Lipinski definition) is 1. The number of thiophene rings is 1. The number of rotatable bonds is 3. The van der Waals surface area contributed by atoms with Crippen LogP contribution < -0.4 is 10.1 Å². The highest BCUT2D eigenvalue weighted by Crippen LogP contribution is 2.38. The Morgan fingerprint density at radius 1 is 1.09 bits per heavy atom. The summed E-state index contributed by atoms with van der Waals surface area (Å²) >= 11 is 5.11. The molecule has 114 valence electrons. The number of halogens is 1. The minimum absolute atomic E-state index is 0.817. The fourth-order valence-corrected chi connectivity index (χ4v) is 3.83. The zero-order valence-electron chi connectivity index (χ0n) is 12.2. The summed E-state index contributed by atoms with van der Waals surface area (Å²) in [5, 5.41) is 4.49. The molecule has 0 atom stereocenters. The van der Waals surface area contributed by atoms with Crippen LogP contribution in [0.25, 0.3) is 20.3 Å². The molecule has 4 rings (SSSR count). The Bertz CT molecular complexity index is 998. The average molecular weight is 386 g/mol. The molecule has 0 aliphatic rings. The van der Waals surface area contributed by atoms with Gasteiger partial charge in [0.05, 0.1) is 17.3 Å². The first-order chi connectivity index (χ1) is 11.2. The molecule has 2 heterocycles. The Kier molecular flexibility index (Phi) is 3.63. The van der Waals surface area contributed by atoms with Crippen molar-refractivity contribution in [3.63, 3.8) is 0 Å². The molecule has 0 fully saturated rings. The topological polar surface area (TPSA) is 47.0 Å². The van der Waals surface area contributed by atoms with Gasteiger partial charge >= 0.3 is 0 Å². The molecule has 1 N–H and O–H groups in total. The van der Waals surface area contributed by atoms with Gasteiger partial charge in [-0.15, -0.1) is 11.3 Å². The summed E-state index contributed by atoms with van der Waals surface area (Å²) in [6.45, 7) is 0. The van der Waals surface area contributed by atoms with E-state index in [1.54, 1.807) is 24.8 Å². The Morgan fingerprint density at radius 3 is 2.70 bits per heavy atom. The molecular weight excluding hydrogens is 374 g/mol. The number of benzene rings is 2. The lowest BCUT2D eigenvalue weighted by Gasteiger charge is -2.06. The first kappa shape index (κ1) is 14.4. The number of methoxy groups -OCH3 is 1. The van der Waals surface area contributed by atoms with E-state index in [0.717, 1.165) is 42.0 Å². The fraction of sp³-hybridized carbons (Fsp3) is 0.0588. The molecule has 23 heavy (non-hydrogen) atoms. The first-order valence-electron chi connectivity index (χ1n) is 6.98. The molecule has 0 amide bonds. The smallest absolute Gasteiger partial charge is 0.151 e. The van der Waals surface area contributed by atoms with Crippen molar-refractivity contribution in [2.24, 2.45) is 0 Å². The van der Waals surface area contributed by atoms with Gasteiger partial charge in [0.2, 0.25) is 0 Å². The number of anilines is 2. The second-order valence-electron chi connectivity index (χ2n) is 5.00. The summed E-state index contributed by atoms with van der Waals surface area (Å²) in [5.41, 5.74) is 1.95. The molecule has 0 saturated heterocycles. The minimum atomic E-state index is 0.817. The van der Waals surface area contributed by atoms with Gasteiger partial charge < -0.3 is 10.1 Å². The van der Waals surface area contributed by atoms with Crippen LogP contribution in [0.1, 0.15) is 0 Å². The Morgan fingerprint density at radius 2 is 1.91 bits per heavy atom. The molecule has 0 unspecified atom stereocenters. The number of aromatic nitrogens is 2. The summed E-state index contributed by atoms with van der Waals surface area (Å²) in [7, 11) is 1.68. The molecule has 0 saturated carbocycles. The molecule has 0 aliphatic carbocycles. The number of hydrogen-bond acceptors (Lipinski definition) is 5. The zero-order chi connectivity index (χ0) is 15.8. The lowest BCUT2D eigenvalue weighted by atomic mass is 10.2. The highest BCUT2D eigenvalue weighted by Gasteiger charge is 2.12. The van der Waals surface area contributed by atoms with E-state index >= 15 is 0 Å². The monoisotopic (exact) mass is 385 g/mol. The highest BCUT2D eigenvalue weighted by atomic mass is 79.9. The van der Waals surface area contributed by atoms with Gasteiger partial charge in [-0.2, -0.15) is 0 Å². The Hall–Kier alpha value is -2.18. The van der Waals surface area contributed by atoms with E-state index in [1.807, 2.05) is 42.5 Å². The largest absolute Gasteiger partial charge is 0.497 e. The number of nitrogens with one attached hydrogen (secondary N) is 1. The van der Waals surface area contributed by atoms with Crippen LogP contribution in [0.5, 0.6) is 5.75 Å². The van der Waals surface area contributed by atoms with Crippen molar-refractivity contribution in [3.8, 4) is 5.75 Å². The molecule has 2 aromatic carbocycles. The summed E-state index contributed by atoms with van der Waals surface area (Å²) < 4.78 is 8.53. The molecule has 4 aromatic rings. The molecule has 2 aromatic heterocycles. The van der Waals surface area contributed by atoms with Crippen LogP contribution in [-0.2, 0) is 0 Å². The van der Waals surface area contributed by atoms with E-state index in [4.69, 9.17) is 4.74 Å². The summed E-state index contributed by atoms with van der Waals surface area (Å²) in [6, 6.07) is 14.0. The van der Waals surface area contributed by atoms with Crippen molar-refractivity contribution in [2.75, 3.05) is 12.4 Å². The van der Waals surface area contributed by atoms with E-state index in [9.17, 15) is 0 Å². The maximum Gasteiger partial charge on any atom is 0.151 e. The quantitative estimate of drug-likeness (QED) is 0.515. The van der Waals surface area contributed by atoms with E-state index < -0.39 is 0 Å². The highest BCUT2D eigenvalue weighted by molar-refractivity contribution is 9.10. The standard InChI is InChI=1S/C17H12BrN3OS/c1-22-12-6-7-13-14(8-12)23-16-15(13)19-9-20-17(16)21-11-4-2-10(18)3-5-11/h2-9H,1H3,(H,19,20,21). The van der Waals surface area contributed by atoms with Gasteiger partial charge in [-0.05, 0) is 42.5 Å².